The summed E-state index contributed by atoms with van der Waals surface area (Å²) >= 11 is 14.1. The van der Waals surface area contributed by atoms with Gasteiger partial charge in [-0.15, -0.1) is 0 Å². The highest BCUT2D eigenvalue weighted by Gasteiger charge is 2.10. The highest BCUT2D eigenvalue weighted by molar-refractivity contribution is 7.07. The number of benzene rings is 4. The summed E-state index contributed by atoms with van der Waals surface area (Å²) in [5, 5.41) is 12.9. The second-order valence-corrected chi connectivity index (χ2v) is 11.8. The lowest BCUT2D eigenvalue weighted by molar-refractivity contribution is 0.514. The molecule has 0 saturated heterocycles. The Bertz CT molecular complexity index is 2120. The van der Waals surface area contributed by atoms with Crippen molar-refractivity contribution in [2.75, 3.05) is 0 Å². The molecule has 0 spiro atoms. The largest absolute Gasteiger partial charge is 0.508 e. The third-order valence-corrected chi connectivity index (χ3v) is 8.90. The van der Waals surface area contributed by atoms with Crippen LogP contribution in [0.3, 0.4) is 0 Å². The van der Waals surface area contributed by atoms with Gasteiger partial charge >= 0.3 is 0 Å². The zero-order chi connectivity index (χ0) is 29.2. The zero-order valence-corrected chi connectivity index (χ0v) is 26.0. The SMILES string of the molecule is C=C(O)c1ccc(Cn2c(=Nc3ccccc3)s/c(=C\c3cn(Cc4ccc(Cl)c(Cl)c4)c4ccccc34)c2=C)cc1.O.O. The summed E-state index contributed by atoms with van der Waals surface area (Å²) in [4.78, 5) is 5.84. The Labute approximate surface area is 268 Å². The average Bonchev–Trinajstić information content (AvgIpc) is 3.48. The molecule has 4 aromatic carbocycles. The number of rotatable bonds is 7. The van der Waals surface area contributed by atoms with Gasteiger partial charge in [0.05, 0.1) is 32.2 Å². The molecule has 0 bridgehead atoms. The van der Waals surface area contributed by atoms with Crippen LogP contribution in [0.25, 0.3) is 29.3 Å². The number of halogens is 2. The molecule has 224 valence electrons. The highest BCUT2D eigenvalue weighted by atomic mass is 35.5. The number of aromatic nitrogens is 2. The maximum Gasteiger partial charge on any atom is 0.191 e. The standard InChI is InChI=1S/C35H27Cl2N3OS.2H2O/c1-23-34(19-28-22-39(33-11-7-6-10-30(28)33)20-26-14-17-31(36)32(37)18-26)42-35(38-29-8-4-3-5-9-29)40(23)21-25-12-15-27(16-13-25)24(2)41;;/h3-19,22,41H,1-2,20-21H2;2*1H2/b34-19-,38-35?;;. The van der Waals surface area contributed by atoms with Crippen molar-refractivity contribution in [1.82, 2.24) is 9.13 Å². The van der Waals surface area contributed by atoms with Gasteiger partial charge in [-0.05, 0) is 47.5 Å². The number of para-hydroxylation sites is 2. The lowest BCUT2D eigenvalue weighted by Crippen LogP contribution is -2.31. The maximum atomic E-state index is 9.74. The van der Waals surface area contributed by atoms with E-state index in [0.29, 0.717) is 28.7 Å². The predicted molar refractivity (Wildman–Crippen MR) is 184 cm³/mol. The molecule has 0 radical (unpaired) electrons. The Morgan fingerprint density at radius 3 is 2.23 bits per heavy atom. The van der Waals surface area contributed by atoms with Gasteiger partial charge in [0, 0.05) is 34.8 Å². The van der Waals surface area contributed by atoms with Gasteiger partial charge in [-0.25, -0.2) is 4.99 Å². The normalized spacial score (nSPS) is 11.8. The molecule has 2 heterocycles. The zero-order valence-electron chi connectivity index (χ0n) is 23.7. The number of nitrogens with zero attached hydrogens (tertiary/aromatic N) is 3. The third-order valence-electron chi connectivity index (χ3n) is 7.09. The molecule has 9 heteroatoms. The van der Waals surface area contributed by atoms with E-state index in [0.717, 1.165) is 48.0 Å². The Balaban J connectivity index is 0.00000221. The molecule has 44 heavy (non-hydrogen) atoms. The highest BCUT2D eigenvalue weighted by Crippen LogP contribution is 2.26. The minimum atomic E-state index is 0. The van der Waals surface area contributed by atoms with Gasteiger partial charge in [0.1, 0.15) is 5.76 Å². The number of hydrogen-bond acceptors (Lipinski definition) is 3. The van der Waals surface area contributed by atoms with Crippen molar-refractivity contribution in [2.45, 2.75) is 13.1 Å². The molecule has 0 fully saturated rings. The first-order chi connectivity index (χ1) is 20.4. The van der Waals surface area contributed by atoms with Crippen molar-refractivity contribution in [3.63, 3.8) is 0 Å². The second-order valence-electron chi connectivity index (χ2n) is 9.99. The molecule has 0 aliphatic carbocycles. The van der Waals surface area contributed by atoms with Gasteiger partial charge < -0.3 is 25.2 Å². The molecule has 6 aromatic rings. The Hall–Kier alpha value is -4.37. The summed E-state index contributed by atoms with van der Waals surface area (Å²) < 4.78 is 5.40. The van der Waals surface area contributed by atoms with Crippen LogP contribution in [0.15, 0.2) is 115 Å². The smallest absolute Gasteiger partial charge is 0.191 e. The van der Waals surface area contributed by atoms with Crippen LogP contribution in [0.4, 0.5) is 5.69 Å². The predicted octanol–water partition coefficient (Wildman–Crippen LogP) is 6.26. The van der Waals surface area contributed by atoms with Gasteiger partial charge in [-0.1, -0.05) is 114 Å². The third kappa shape index (κ3) is 6.89. The average molecular weight is 645 g/mol. The number of aliphatic hydroxyl groups excluding tert-OH is 1. The van der Waals surface area contributed by atoms with Crippen molar-refractivity contribution < 1.29 is 16.1 Å². The van der Waals surface area contributed by atoms with E-state index in [2.05, 4.69) is 58.8 Å². The fraction of sp³-hybridized carbons (Fsp3) is 0.0571. The van der Waals surface area contributed by atoms with Crippen LogP contribution in [-0.2, 0) is 13.1 Å². The fourth-order valence-electron chi connectivity index (χ4n) is 4.91. The van der Waals surface area contributed by atoms with E-state index in [1.54, 1.807) is 11.3 Å². The monoisotopic (exact) mass is 643 g/mol. The molecule has 0 aliphatic rings. The molecule has 0 unspecified atom stereocenters. The van der Waals surface area contributed by atoms with E-state index in [4.69, 9.17) is 28.2 Å². The van der Waals surface area contributed by atoms with Crippen LogP contribution in [0, 0.1) is 0 Å². The van der Waals surface area contributed by atoms with E-state index in [1.807, 2.05) is 72.8 Å². The van der Waals surface area contributed by atoms with E-state index in [-0.39, 0.29) is 16.7 Å². The maximum absolute atomic E-state index is 9.74. The summed E-state index contributed by atoms with van der Waals surface area (Å²) in [6.45, 7) is 9.36. The molecule has 0 amide bonds. The molecule has 5 N–H and O–H groups in total. The molecule has 2 aromatic heterocycles. The van der Waals surface area contributed by atoms with E-state index in [1.165, 1.54) is 0 Å². The number of thiazole rings is 1. The minimum absolute atomic E-state index is 0. The first kappa shape index (κ1) is 32.5. The first-order valence-corrected chi connectivity index (χ1v) is 14.9. The van der Waals surface area contributed by atoms with Crippen molar-refractivity contribution in [1.29, 1.82) is 0 Å². The van der Waals surface area contributed by atoms with E-state index < -0.39 is 0 Å². The van der Waals surface area contributed by atoms with Crippen molar-refractivity contribution in [2.24, 2.45) is 4.99 Å². The summed E-state index contributed by atoms with van der Waals surface area (Å²) in [5.74, 6) is 0.0533. The molecular weight excluding hydrogens is 613 g/mol. The van der Waals surface area contributed by atoms with Gasteiger partial charge in [0.25, 0.3) is 0 Å². The van der Waals surface area contributed by atoms with Crippen LogP contribution in [0.1, 0.15) is 22.3 Å². The van der Waals surface area contributed by atoms with Crippen molar-refractivity contribution >= 4 is 69.5 Å². The Morgan fingerprint density at radius 1 is 0.841 bits per heavy atom. The fourth-order valence-corrected chi connectivity index (χ4v) is 6.28. The van der Waals surface area contributed by atoms with E-state index >= 15 is 0 Å². The van der Waals surface area contributed by atoms with Crippen molar-refractivity contribution in [3.05, 3.63) is 157 Å². The van der Waals surface area contributed by atoms with Crippen LogP contribution in [-0.4, -0.2) is 25.2 Å². The quantitative estimate of drug-likeness (QED) is 0.204. The Morgan fingerprint density at radius 2 is 1.52 bits per heavy atom. The van der Waals surface area contributed by atoms with Gasteiger partial charge in [0.15, 0.2) is 4.80 Å². The lowest BCUT2D eigenvalue weighted by atomic mass is 10.1. The summed E-state index contributed by atoms with van der Waals surface area (Å²) in [7, 11) is 0. The van der Waals surface area contributed by atoms with Gasteiger partial charge in [-0.2, -0.15) is 0 Å². The second kappa shape index (κ2) is 13.9. The molecule has 0 aliphatic heterocycles. The molecule has 0 saturated carbocycles. The van der Waals surface area contributed by atoms with Gasteiger partial charge in [0.2, 0.25) is 0 Å². The molecule has 6 nitrogen and oxygen atoms in total. The lowest BCUT2D eigenvalue weighted by Gasteiger charge is -2.06. The van der Waals surface area contributed by atoms with Crippen molar-refractivity contribution in [3.8, 4) is 0 Å². The van der Waals surface area contributed by atoms with Crippen LogP contribution < -0.4 is 14.7 Å². The summed E-state index contributed by atoms with van der Waals surface area (Å²) in [6, 6.07) is 31.8. The molecule has 0 atom stereocenters. The van der Waals surface area contributed by atoms with Gasteiger partial charge in [-0.3, -0.25) is 0 Å². The van der Waals surface area contributed by atoms with E-state index in [9.17, 15) is 5.11 Å². The topological polar surface area (TPSA) is 105 Å². The number of hydrogen-bond donors (Lipinski definition) is 1. The summed E-state index contributed by atoms with van der Waals surface area (Å²) in [5.41, 5.74) is 5.95. The Kier molecular flexibility index (Phi) is 10.3. The van der Waals surface area contributed by atoms with Crippen LogP contribution in [0.2, 0.25) is 10.0 Å². The molecule has 6 rings (SSSR count). The first-order valence-electron chi connectivity index (χ1n) is 13.3. The number of fused-ring (bicyclic) bond motifs is 1. The minimum Gasteiger partial charge on any atom is -0.508 e. The van der Waals surface area contributed by atoms with Crippen LogP contribution >= 0.6 is 34.5 Å². The van der Waals surface area contributed by atoms with Crippen LogP contribution in [0.5, 0.6) is 0 Å². The molecular formula is C35H31Cl2N3O3S. The number of aliphatic hydroxyl groups is 1. The summed E-state index contributed by atoms with van der Waals surface area (Å²) in [6.07, 6.45) is 4.37.